The molecule has 6 nitrogen and oxygen atoms in total. The van der Waals surface area contributed by atoms with Crippen LogP contribution in [0.5, 0.6) is 11.5 Å². The summed E-state index contributed by atoms with van der Waals surface area (Å²) in [5.41, 5.74) is 7.79. The molecule has 0 aliphatic rings. The maximum absolute atomic E-state index is 6.57. The fourth-order valence-electron chi connectivity index (χ4n) is 6.93. The maximum atomic E-state index is 6.57. The number of benzene rings is 5. The van der Waals surface area contributed by atoms with E-state index in [9.17, 15) is 0 Å². The second-order valence-corrected chi connectivity index (χ2v) is 11.8. The van der Waals surface area contributed by atoms with Crippen molar-refractivity contribution in [2.75, 3.05) is 0 Å². The third-order valence-electron chi connectivity index (χ3n) is 9.07. The van der Waals surface area contributed by atoms with Crippen molar-refractivity contribution in [3.63, 3.8) is 0 Å². The van der Waals surface area contributed by atoms with Gasteiger partial charge in [-0.15, -0.1) is 0 Å². The molecule has 10 rings (SSSR count). The molecule has 0 spiro atoms. The zero-order valence-electron chi connectivity index (χ0n) is 25.1. The van der Waals surface area contributed by atoms with Crippen LogP contribution >= 0.6 is 0 Å². The van der Waals surface area contributed by atoms with Crippen LogP contribution < -0.4 is 4.74 Å². The summed E-state index contributed by atoms with van der Waals surface area (Å²) in [7, 11) is 0. The van der Waals surface area contributed by atoms with E-state index in [-0.39, 0.29) is 0 Å². The van der Waals surface area contributed by atoms with Gasteiger partial charge in [-0.1, -0.05) is 78.9 Å². The number of aromatic nitrogens is 5. The molecule has 0 fully saturated rings. The third-order valence-corrected chi connectivity index (χ3v) is 9.07. The molecule has 0 aliphatic heterocycles. The number of pyridine rings is 3. The lowest BCUT2D eigenvalue weighted by Gasteiger charge is -2.14. The fraction of sp³-hybridized carbons (Fsp3) is 0. The zero-order valence-corrected chi connectivity index (χ0v) is 25.1. The summed E-state index contributed by atoms with van der Waals surface area (Å²) < 4.78 is 10.9. The Hall–Kier alpha value is -6.53. The van der Waals surface area contributed by atoms with Gasteiger partial charge in [0, 0.05) is 45.1 Å². The van der Waals surface area contributed by atoms with Crippen molar-refractivity contribution in [1.82, 2.24) is 23.8 Å². The molecule has 0 unspecified atom stereocenters. The smallest absolute Gasteiger partial charge is 0.147 e. The minimum absolute atomic E-state index is 0.733. The van der Waals surface area contributed by atoms with E-state index in [1.807, 2.05) is 55.0 Å². The number of ether oxygens (including phenoxy) is 1. The molecule has 10 aromatic rings. The first-order chi connectivity index (χ1) is 23.3. The van der Waals surface area contributed by atoms with Gasteiger partial charge in [0.25, 0.3) is 0 Å². The molecule has 0 saturated heterocycles. The van der Waals surface area contributed by atoms with Gasteiger partial charge in [-0.25, -0.2) is 15.0 Å². The van der Waals surface area contributed by atoms with Crippen molar-refractivity contribution >= 4 is 54.8 Å². The standard InChI is InChI=1S/C41H25N5O/c1-3-9-26(10-4-1)36-20-19-33-31-18-16-29(24-35(31)40-43-25-38(46(40)41(33)44-36)27-11-5-2-6-12-27)47-28-15-17-30-32-13-7-8-14-37(32)45-22-21-42-39(45)34(30)23-28/h1-25H. The average Bonchev–Trinajstić information content (AvgIpc) is 3.82. The van der Waals surface area contributed by atoms with Crippen LogP contribution in [0.25, 0.3) is 77.3 Å². The Morgan fingerprint density at radius 1 is 0.489 bits per heavy atom. The van der Waals surface area contributed by atoms with Crippen molar-refractivity contribution in [2.24, 2.45) is 0 Å². The molecular formula is C41H25N5O. The van der Waals surface area contributed by atoms with Crippen molar-refractivity contribution in [1.29, 1.82) is 0 Å². The Balaban J connectivity index is 1.16. The second kappa shape index (κ2) is 9.99. The van der Waals surface area contributed by atoms with Crippen LogP contribution in [0, 0.1) is 0 Å². The zero-order chi connectivity index (χ0) is 30.9. The third kappa shape index (κ3) is 3.95. The fourth-order valence-corrected chi connectivity index (χ4v) is 6.93. The van der Waals surface area contributed by atoms with Crippen LogP contribution in [-0.4, -0.2) is 23.8 Å². The van der Waals surface area contributed by atoms with Crippen LogP contribution in [0.15, 0.2) is 152 Å². The Kier molecular flexibility index (Phi) is 5.48. The summed E-state index contributed by atoms with van der Waals surface area (Å²) >= 11 is 0. The Bertz CT molecular complexity index is 2820. The highest BCUT2D eigenvalue weighted by Crippen LogP contribution is 2.38. The van der Waals surface area contributed by atoms with Gasteiger partial charge in [-0.05, 0) is 65.4 Å². The molecule has 0 bridgehead atoms. The van der Waals surface area contributed by atoms with E-state index < -0.39 is 0 Å². The molecule has 0 amide bonds. The molecule has 6 heteroatoms. The summed E-state index contributed by atoms with van der Waals surface area (Å²) in [6.07, 6.45) is 5.80. The first-order valence-electron chi connectivity index (χ1n) is 15.6. The molecule has 5 heterocycles. The lowest BCUT2D eigenvalue weighted by atomic mass is 10.0. The number of hydrogen-bond acceptors (Lipinski definition) is 4. The maximum Gasteiger partial charge on any atom is 0.147 e. The highest BCUT2D eigenvalue weighted by molar-refractivity contribution is 6.13. The van der Waals surface area contributed by atoms with Crippen LogP contribution in [0.4, 0.5) is 0 Å². The van der Waals surface area contributed by atoms with Crippen molar-refractivity contribution in [2.45, 2.75) is 0 Å². The lowest BCUT2D eigenvalue weighted by Crippen LogP contribution is -1.98. The van der Waals surface area contributed by atoms with Crippen LogP contribution in [0.1, 0.15) is 0 Å². The lowest BCUT2D eigenvalue weighted by molar-refractivity contribution is 0.484. The molecule has 220 valence electrons. The van der Waals surface area contributed by atoms with Gasteiger partial charge in [-0.3, -0.25) is 8.80 Å². The Morgan fingerprint density at radius 2 is 1.15 bits per heavy atom. The van der Waals surface area contributed by atoms with Gasteiger partial charge in [-0.2, -0.15) is 0 Å². The van der Waals surface area contributed by atoms with E-state index in [2.05, 4.69) is 106 Å². The topological polar surface area (TPSA) is 56.7 Å². The molecular weight excluding hydrogens is 578 g/mol. The monoisotopic (exact) mass is 603 g/mol. The summed E-state index contributed by atoms with van der Waals surface area (Å²) in [4.78, 5) is 14.9. The van der Waals surface area contributed by atoms with Crippen molar-refractivity contribution < 1.29 is 4.74 Å². The van der Waals surface area contributed by atoms with E-state index >= 15 is 0 Å². The Morgan fingerprint density at radius 3 is 1.94 bits per heavy atom. The minimum Gasteiger partial charge on any atom is -0.457 e. The van der Waals surface area contributed by atoms with E-state index in [1.165, 1.54) is 5.39 Å². The predicted molar refractivity (Wildman–Crippen MR) is 189 cm³/mol. The van der Waals surface area contributed by atoms with E-state index in [4.69, 9.17) is 19.7 Å². The number of para-hydroxylation sites is 1. The van der Waals surface area contributed by atoms with Crippen molar-refractivity contribution in [3.8, 4) is 34.0 Å². The quantitative estimate of drug-likeness (QED) is 0.188. The molecule has 5 aromatic heterocycles. The second-order valence-electron chi connectivity index (χ2n) is 11.8. The van der Waals surface area contributed by atoms with Gasteiger partial charge in [0.05, 0.1) is 23.1 Å². The molecule has 0 radical (unpaired) electrons. The number of hydrogen-bond donors (Lipinski definition) is 0. The highest BCUT2D eigenvalue weighted by atomic mass is 16.5. The van der Waals surface area contributed by atoms with Crippen molar-refractivity contribution in [3.05, 3.63) is 152 Å². The first-order valence-corrected chi connectivity index (χ1v) is 15.6. The molecule has 0 N–H and O–H groups in total. The number of rotatable bonds is 4. The largest absolute Gasteiger partial charge is 0.457 e. The summed E-state index contributed by atoms with van der Waals surface area (Å²) in [6, 6.07) is 45.8. The van der Waals surface area contributed by atoms with Gasteiger partial charge in [0.1, 0.15) is 28.4 Å². The molecule has 0 atom stereocenters. The summed E-state index contributed by atoms with van der Waals surface area (Å²) in [6.45, 7) is 0. The van der Waals surface area contributed by atoms with Crippen LogP contribution in [-0.2, 0) is 0 Å². The van der Waals surface area contributed by atoms with Crippen LogP contribution in [0.2, 0.25) is 0 Å². The van der Waals surface area contributed by atoms with E-state index in [0.717, 1.165) is 83.4 Å². The molecule has 0 saturated carbocycles. The molecule has 0 aliphatic carbocycles. The highest BCUT2D eigenvalue weighted by Gasteiger charge is 2.18. The summed E-state index contributed by atoms with van der Waals surface area (Å²) in [5, 5.41) is 6.48. The first kappa shape index (κ1) is 25.8. The average molecular weight is 604 g/mol. The number of nitrogens with zero attached hydrogens (tertiary/aromatic N) is 5. The number of imidazole rings is 2. The molecule has 47 heavy (non-hydrogen) atoms. The predicted octanol–water partition coefficient (Wildman–Crippen LogP) is 10.1. The van der Waals surface area contributed by atoms with Crippen LogP contribution in [0.3, 0.4) is 0 Å². The Labute approximate surface area is 268 Å². The normalized spacial score (nSPS) is 11.8. The van der Waals surface area contributed by atoms with E-state index in [0.29, 0.717) is 0 Å². The van der Waals surface area contributed by atoms with Gasteiger partial charge in [0.15, 0.2) is 0 Å². The summed E-state index contributed by atoms with van der Waals surface area (Å²) in [5.74, 6) is 1.48. The SMILES string of the molecule is c1ccc(-c2ccc3c4ccc(Oc5ccc6c7ccccc7n7ccnc7c6c5)cc4c4ncc(-c5ccccc5)n4c3n2)cc1. The minimum atomic E-state index is 0.733. The van der Waals surface area contributed by atoms with E-state index in [1.54, 1.807) is 0 Å². The van der Waals surface area contributed by atoms with Gasteiger partial charge >= 0.3 is 0 Å². The van der Waals surface area contributed by atoms with Gasteiger partial charge < -0.3 is 4.74 Å². The molecule has 5 aromatic carbocycles. The number of fused-ring (bicyclic) bond motifs is 12. The van der Waals surface area contributed by atoms with Gasteiger partial charge in [0.2, 0.25) is 0 Å².